The quantitative estimate of drug-likeness (QED) is 0.374. The molecule has 0 bridgehead atoms. The van der Waals surface area contributed by atoms with Crippen LogP contribution >= 0.6 is 12.2 Å². The molecule has 0 atom stereocenters. The van der Waals surface area contributed by atoms with Crippen molar-refractivity contribution in [1.29, 1.82) is 0 Å². The van der Waals surface area contributed by atoms with E-state index in [2.05, 4.69) is 16.0 Å². The predicted molar refractivity (Wildman–Crippen MR) is 74.6 cm³/mol. The van der Waals surface area contributed by atoms with Gasteiger partial charge in [0.05, 0.1) is 13.2 Å². The van der Waals surface area contributed by atoms with E-state index in [0.717, 1.165) is 19.6 Å². The molecule has 0 heterocycles. The Morgan fingerprint density at radius 2 is 1.94 bits per heavy atom. The molecule has 0 radical (unpaired) electrons. The van der Waals surface area contributed by atoms with Crippen LogP contribution in [0.5, 0.6) is 0 Å². The van der Waals surface area contributed by atoms with Crippen molar-refractivity contribution in [2.24, 2.45) is 0 Å². The summed E-state index contributed by atoms with van der Waals surface area (Å²) in [5.74, 6) is -0.106. The van der Waals surface area contributed by atoms with Gasteiger partial charge in [0, 0.05) is 33.4 Å². The van der Waals surface area contributed by atoms with Gasteiger partial charge in [-0.3, -0.25) is 4.79 Å². The molecule has 0 aromatic rings. The summed E-state index contributed by atoms with van der Waals surface area (Å²) < 4.78 is 10.0. The van der Waals surface area contributed by atoms with Gasteiger partial charge in [0.2, 0.25) is 5.91 Å². The second kappa shape index (κ2) is 12.5. The van der Waals surface area contributed by atoms with Crippen molar-refractivity contribution in [3.63, 3.8) is 0 Å². The molecule has 0 spiro atoms. The van der Waals surface area contributed by atoms with Gasteiger partial charge in [0.1, 0.15) is 0 Å². The number of ether oxygens (including phenoxy) is 2. The lowest BCUT2D eigenvalue weighted by atomic mass is 10.4. The van der Waals surface area contributed by atoms with E-state index in [0.29, 0.717) is 24.9 Å². The van der Waals surface area contributed by atoms with E-state index >= 15 is 0 Å². The number of methoxy groups -OCH3 is 1. The highest BCUT2D eigenvalue weighted by Gasteiger charge is 2.01. The van der Waals surface area contributed by atoms with Gasteiger partial charge >= 0.3 is 0 Å². The largest absolute Gasteiger partial charge is 0.383 e. The fraction of sp³-hybridized carbons (Fsp3) is 0.818. The van der Waals surface area contributed by atoms with Crippen LogP contribution in [0.25, 0.3) is 0 Å². The first kappa shape index (κ1) is 17.1. The molecular weight excluding hydrogens is 254 g/mol. The topological polar surface area (TPSA) is 71.6 Å². The van der Waals surface area contributed by atoms with Crippen LogP contribution in [-0.4, -0.2) is 57.6 Å². The molecule has 1 amide bonds. The number of hydrogen-bond acceptors (Lipinski definition) is 4. The van der Waals surface area contributed by atoms with E-state index < -0.39 is 0 Å². The van der Waals surface area contributed by atoms with Crippen LogP contribution in [-0.2, 0) is 14.3 Å². The van der Waals surface area contributed by atoms with E-state index in [1.54, 1.807) is 7.11 Å². The Kier molecular flexibility index (Phi) is 11.9. The minimum absolute atomic E-state index is 0.106. The summed E-state index contributed by atoms with van der Waals surface area (Å²) >= 11 is 5.02. The maximum Gasteiger partial charge on any atom is 0.239 e. The third kappa shape index (κ3) is 11.6. The third-order valence-electron chi connectivity index (χ3n) is 1.99. The maximum atomic E-state index is 11.3. The Bertz CT molecular complexity index is 240. The summed E-state index contributed by atoms with van der Waals surface area (Å²) in [5, 5.41) is 9.00. The minimum Gasteiger partial charge on any atom is -0.383 e. The van der Waals surface area contributed by atoms with Crippen molar-refractivity contribution < 1.29 is 14.3 Å². The van der Waals surface area contributed by atoms with E-state index in [-0.39, 0.29) is 12.5 Å². The van der Waals surface area contributed by atoms with Gasteiger partial charge in [-0.2, -0.15) is 0 Å². The monoisotopic (exact) mass is 277 g/mol. The first-order valence-corrected chi connectivity index (χ1v) is 6.46. The Balaban J connectivity index is 3.37. The highest BCUT2D eigenvalue weighted by Crippen LogP contribution is 1.80. The molecule has 3 N–H and O–H groups in total. The smallest absolute Gasteiger partial charge is 0.239 e. The molecule has 0 aliphatic rings. The molecule has 106 valence electrons. The molecular formula is C11H23N3O3S. The van der Waals surface area contributed by atoms with Crippen molar-refractivity contribution >= 4 is 23.2 Å². The summed E-state index contributed by atoms with van der Waals surface area (Å²) in [6.45, 7) is 5.31. The van der Waals surface area contributed by atoms with Crippen molar-refractivity contribution in [3.8, 4) is 0 Å². The van der Waals surface area contributed by atoms with Crippen LogP contribution in [0, 0.1) is 0 Å². The van der Waals surface area contributed by atoms with Crippen molar-refractivity contribution in [2.75, 3.05) is 46.6 Å². The summed E-state index contributed by atoms with van der Waals surface area (Å²) in [6, 6.07) is 0. The first-order valence-electron chi connectivity index (χ1n) is 6.05. The molecule has 0 unspecified atom stereocenters. The van der Waals surface area contributed by atoms with Crippen LogP contribution in [0.4, 0.5) is 0 Å². The number of amides is 1. The Morgan fingerprint density at radius 1 is 1.17 bits per heavy atom. The lowest BCUT2D eigenvalue weighted by Gasteiger charge is -2.10. The zero-order chi connectivity index (χ0) is 13.6. The van der Waals surface area contributed by atoms with Gasteiger partial charge in [0.15, 0.2) is 5.11 Å². The summed E-state index contributed by atoms with van der Waals surface area (Å²) in [6.07, 6.45) is 0.885. The molecule has 0 aliphatic carbocycles. The number of hydrogen-bond donors (Lipinski definition) is 3. The van der Waals surface area contributed by atoms with Crippen molar-refractivity contribution in [3.05, 3.63) is 0 Å². The van der Waals surface area contributed by atoms with Gasteiger partial charge < -0.3 is 25.4 Å². The minimum atomic E-state index is -0.106. The molecule has 0 saturated heterocycles. The molecule has 0 rings (SSSR count). The Labute approximate surface area is 114 Å². The molecule has 0 aliphatic heterocycles. The average molecular weight is 277 g/mol. The molecule has 7 heteroatoms. The first-order chi connectivity index (χ1) is 8.70. The Morgan fingerprint density at radius 3 is 2.61 bits per heavy atom. The lowest BCUT2D eigenvalue weighted by Crippen LogP contribution is -2.42. The summed E-state index contributed by atoms with van der Waals surface area (Å²) in [7, 11) is 1.59. The molecule has 0 aromatic carbocycles. The fourth-order valence-corrected chi connectivity index (χ4v) is 1.27. The number of carbonyl (C=O) groups is 1. The zero-order valence-corrected chi connectivity index (χ0v) is 11.9. The Hall–Kier alpha value is -0.920. The highest BCUT2D eigenvalue weighted by atomic mass is 32.1. The van der Waals surface area contributed by atoms with Crippen LogP contribution in [0.2, 0.25) is 0 Å². The molecule has 0 aromatic heterocycles. The van der Waals surface area contributed by atoms with Gasteiger partial charge in [0.25, 0.3) is 0 Å². The average Bonchev–Trinajstić information content (AvgIpc) is 2.36. The van der Waals surface area contributed by atoms with E-state index in [9.17, 15) is 4.79 Å². The van der Waals surface area contributed by atoms with Gasteiger partial charge in [-0.05, 0) is 25.6 Å². The molecule has 18 heavy (non-hydrogen) atoms. The number of rotatable bonds is 10. The molecule has 0 fully saturated rings. The fourth-order valence-electron chi connectivity index (χ4n) is 1.10. The second-order valence-electron chi connectivity index (χ2n) is 3.50. The summed E-state index contributed by atoms with van der Waals surface area (Å²) in [5.41, 5.74) is 0. The van der Waals surface area contributed by atoms with Gasteiger partial charge in [-0.25, -0.2) is 0 Å². The van der Waals surface area contributed by atoms with Crippen LogP contribution in [0.15, 0.2) is 0 Å². The van der Waals surface area contributed by atoms with E-state index in [1.807, 2.05) is 6.92 Å². The standard InChI is InChI=1S/C11H23N3O3S/c1-3-17-7-4-5-13-11(18)14-9-10(15)12-6-8-16-2/h3-9H2,1-2H3,(H,12,15)(H2,13,14,18). The highest BCUT2D eigenvalue weighted by molar-refractivity contribution is 7.80. The maximum absolute atomic E-state index is 11.3. The lowest BCUT2D eigenvalue weighted by molar-refractivity contribution is -0.120. The number of carbonyl (C=O) groups excluding carboxylic acids is 1. The predicted octanol–water partition coefficient (Wildman–Crippen LogP) is -0.360. The van der Waals surface area contributed by atoms with E-state index in [4.69, 9.17) is 21.7 Å². The molecule has 6 nitrogen and oxygen atoms in total. The number of nitrogens with one attached hydrogen (secondary N) is 3. The SMILES string of the molecule is CCOCCCNC(=S)NCC(=O)NCCOC. The van der Waals surface area contributed by atoms with Gasteiger partial charge in [-0.1, -0.05) is 0 Å². The van der Waals surface area contributed by atoms with Crippen LogP contribution < -0.4 is 16.0 Å². The third-order valence-corrected chi connectivity index (χ3v) is 2.28. The van der Waals surface area contributed by atoms with Gasteiger partial charge in [-0.15, -0.1) is 0 Å². The van der Waals surface area contributed by atoms with Crippen molar-refractivity contribution in [1.82, 2.24) is 16.0 Å². The van der Waals surface area contributed by atoms with Crippen molar-refractivity contribution in [2.45, 2.75) is 13.3 Å². The zero-order valence-electron chi connectivity index (χ0n) is 11.1. The van der Waals surface area contributed by atoms with Crippen LogP contribution in [0.3, 0.4) is 0 Å². The summed E-state index contributed by atoms with van der Waals surface area (Å²) in [4.78, 5) is 11.3. The van der Waals surface area contributed by atoms with Crippen LogP contribution in [0.1, 0.15) is 13.3 Å². The number of thiocarbonyl (C=S) groups is 1. The second-order valence-corrected chi connectivity index (χ2v) is 3.91. The molecule has 0 saturated carbocycles. The normalized spacial score (nSPS) is 9.89. The van der Waals surface area contributed by atoms with E-state index in [1.165, 1.54) is 0 Å².